The number of esters is 1. The number of benzene rings is 4. The Labute approximate surface area is 238 Å². The maximum absolute atomic E-state index is 13.7. The average molecular weight is 559 g/mol. The summed E-state index contributed by atoms with van der Waals surface area (Å²) in [5.41, 5.74) is 3.43. The van der Waals surface area contributed by atoms with E-state index in [2.05, 4.69) is 10.6 Å². The predicted octanol–water partition coefficient (Wildman–Crippen LogP) is 8.30. The number of halogens is 1. The van der Waals surface area contributed by atoms with Crippen molar-refractivity contribution < 1.29 is 23.5 Å². The third-order valence-corrected chi connectivity index (χ3v) is 6.81. The van der Waals surface area contributed by atoms with E-state index in [-0.39, 0.29) is 11.5 Å². The van der Waals surface area contributed by atoms with E-state index < -0.39 is 17.7 Å². The van der Waals surface area contributed by atoms with Gasteiger partial charge in [0.1, 0.15) is 5.82 Å². The number of nitrogens with one attached hydrogen (secondary N) is 2. The lowest BCUT2D eigenvalue weighted by Crippen LogP contribution is -2.14. The van der Waals surface area contributed by atoms with Gasteiger partial charge in [-0.05, 0) is 65.7 Å². The van der Waals surface area contributed by atoms with Crippen molar-refractivity contribution in [1.82, 2.24) is 0 Å². The van der Waals surface area contributed by atoms with E-state index in [4.69, 9.17) is 4.74 Å². The Morgan fingerprint density at radius 3 is 2.30 bits per heavy atom. The molecule has 1 aliphatic rings. The molecule has 40 heavy (non-hydrogen) atoms. The molecule has 4 aromatic carbocycles. The Morgan fingerprint density at radius 1 is 0.825 bits per heavy atom. The lowest BCUT2D eigenvalue weighted by molar-refractivity contribution is 0.0601. The summed E-state index contributed by atoms with van der Waals surface area (Å²) in [6, 6.07) is 23.3. The molecule has 0 atom stereocenters. The van der Waals surface area contributed by atoms with Crippen molar-refractivity contribution in [2.45, 2.75) is 37.5 Å². The van der Waals surface area contributed by atoms with Gasteiger partial charge in [0, 0.05) is 21.0 Å². The summed E-state index contributed by atoms with van der Waals surface area (Å²) in [4.78, 5) is 39.2. The van der Waals surface area contributed by atoms with Crippen molar-refractivity contribution in [2.24, 2.45) is 0 Å². The molecule has 5 rings (SSSR count). The van der Waals surface area contributed by atoms with Gasteiger partial charge < -0.3 is 15.4 Å². The van der Waals surface area contributed by atoms with E-state index in [1.54, 1.807) is 54.6 Å². The Morgan fingerprint density at radius 2 is 1.55 bits per heavy atom. The fraction of sp³-hybridized carbons (Fsp3) is 0.156. The number of carbonyl (C=O) groups excluding carboxylic acids is 3. The number of amides is 2. The van der Waals surface area contributed by atoms with Crippen LogP contribution in [0.2, 0.25) is 0 Å². The zero-order valence-electron chi connectivity index (χ0n) is 23.0. The lowest BCUT2D eigenvalue weighted by Gasteiger charge is -2.12. The van der Waals surface area contributed by atoms with Crippen LogP contribution in [0.3, 0.4) is 0 Å². The molecule has 0 unspecified atom stereocenters. The van der Waals surface area contributed by atoms with Crippen LogP contribution in [0.1, 0.15) is 58.8 Å². The molecule has 8 heteroatoms. The topological polar surface area (TPSA) is 84.5 Å². The number of methoxy groups -OCH3 is 1. The van der Waals surface area contributed by atoms with Gasteiger partial charge in [0.05, 0.1) is 23.9 Å². The molecule has 0 saturated carbocycles. The molecule has 0 radical (unpaired) electrons. The molecular formula is C32H31FN2O4S. The van der Waals surface area contributed by atoms with Crippen LogP contribution in [0.25, 0.3) is 11.1 Å². The average Bonchev–Trinajstić information content (AvgIpc) is 3.13. The van der Waals surface area contributed by atoms with Crippen LogP contribution in [0.4, 0.5) is 15.8 Å². The van der Waals surface area contributed by atoms with Crippen molar-refractivity contribution in [3.05, 3.63) is 107 Å². The Kier molecular flexibility index (Phi) is 10.6. The van der Waals surface area contributed by atoms with Crippen LogP contribution in [-0.4, -0.2) is 24.9 Å². The minimum atomic E-state index is -0.494. The maximum Gasteiger partial charge on any atom is 0.338 e. The number of anilines is 2. The highest BCUT2D eigenvalue weighted by atomic mass is 32.2. The third kappa shape index (κ3) is 6.76. The van der Waals surface area contributed by atoms with Crippen LogP contribution in [0.5, 0.6) is 0 Å². The summed E-state index contributed by atoms with van der Waals surface area (Å²) in [5, 5.41) is 5.63. The van der Waals surface area contributed by atoms with Gasteiger partial charge in [-0.1, -0.05) is 69.8 Å². The fourth-order valence-electron chi connectivity index (χ4n) is 3.93. The fourth-order valence-corrected chi connectivity index (χ4v) is 4.92. The number of hydrogen-bond donors (Lipinski definition) is 2. The number of hydrogen-bond acceptors (Lipinski definition) is 5. The minimum Gasteiger partial charge on any atom is -0.465 e. The van der Waals surface area contributed by atoms with Crippen LogP contribution < -0.4 is 10.6 Å². The molecule has 0 aromatic heterocycles. The number of ether oxygens (including phenoxy) is 1. The van der Waals surface area contributed by atoms with Gasteiger partial charge in [-0.3, -0.25) is 9.59 Å². The third-order valence-electron chi connectivity index (χ3n) is 5.66. The molecule has 0 aliphatic carbocycles. The summed E-state index contributed by atoms with van der Waals surface area (Å²) >= 11 is 1.33. The van der Waals surface area contributed by atoms with E-state index >= 15 is 0 Å². The smallest absolute Gasteiger partial charge is 0.338 e. The van der Waals surface area contributed by atoms with Crippen LogP contribution in [0, 0.1) is 5.82 Å². The Hall–Kier alpha value is -4.43. The SMILES string of the molecule is CC.CC.COC(=O)c1ccccc1-c1cccc(NC(=O)c2ccc3c(c2)NC(=O)c2cc(F)ccc2S3)c1. The summed E-state index contributed by atoms with van der Waals surface area (Å²) in [6.07, 6.45) is 0. The highest BCUT2D eigenvalue weighted by Crippen LogP contribution is 2.39. The normalized spacial score (nSPS) is 11.1. The first kappa shape index (κ1) is 30.1. The van der Waals surface area contributed by atoms with Crippen molar-refractivity contribution >= 4 is 40.9 Å². The molecule has 6 nitrogen and oxygen atoms in total. The number of fused-ring (bicyclic) bond motifs is 2. The van der Waals surface area contributed by atoms with Crippen LogP contribution in [0.15, 0.2) is 94.7 Å². The standard InChI is InChI=1S/C28H19FN2O4S.2C2H6/c1-35-28(34)21-8-3-2-7-20(21)16-5-4-6-19(13-16)30-26(32)17-9-11-25-23(14-17)31-27(33)22-15-18(29)10-12-24(22)36-25;2*1-2/h2-15H,1H3,(H,30,32)(H,31,33);2*1-2H3. The second kappa shape index (κ2) is 14.1. The first-order valence-electron chi connectivity index (χ1n) is 12.9. The van der Waals surface area contributed by atoms with Gasteiger partial charge in [-0.25, -0.2) is 9.18 Å². The zero-order valence-corrected chi connectivity index (χ0v) is 23.8. The van der Waals surface area contributed by atoms with Crippen molar-refractivity contribution in [1.29, 1.82) is 0 Å². The summed E-state index contributed by atoms with van der Waals surface area (Å²) in [5.74, 6) is -1.75. The number of rotatable bonds is 4. The zero-order chi connectivity index (χ0) is 29.2. The molecule has 1 aliphatic heterocycles. The molecule has 2 amide bonds. The molecule has 1 heterocycles. The molecular weight excluding hydrogens is 527 g/mol. The van der Waals surface area contributed by atoms with E-state index in [0.717, 1.165) is 10.5 Å². The van der Waals surface area contributed by atoms with Gasteiger partial charge in [0.25, 0.3) is 11.8 Å². The van der Waals surface area contributed by atoms with Gasteiger partial charge in [-0.15, -0.1) is 0 Å². The van der Waals surface area contributed by atoms with E-state index in [1.165, 1.54) is 31.0 Å². The first-order valence-corrected chi connectivity index (χ1v) is 13.8. The van der Waals surface area contributed by atoms with Crippen LogP contribution in [-0.2, 0) is 4.74 Å². The molecule has 0 spiro atoms. The van der Waals surface area contributed by atoms with Crippen molar-refractivity contribution in [3.63, 3.8) is 0 Å². The molecule has 4 aromatic rings. The first-order chi connectivity index (χ1) is 19.4. The molecule has 0 bridgehead atoms. The van der Waals surface area contributed by atoms with E-state index in [9.17, 15) is 18.8 Å². The second-order valence-electron chi connectivity index (χ2n) is 7.98. The second-order valence-corrected chi connectivity index (χ2v) is 9.06. The quantitative estimate of drug-likeness (QED) is 0.246. The highest BCUT2D eigenvalue weighted by molar-refractivity contribution is 7.99. The van der Waals surface area contributed by atoms with Crippen molar-refractivity contribution in [3.8, 4) is 11.1 Å². The van der Waals surface area contributed by atoms with Gasteiger partial charge in [0.2, 0.25) is 0 Å². The minimum absolute atomic E-state index is 0.242. The van der Waals surface area contributed by atoms with Crippen LogP contribution >= 0.6 is 11.8 Å². The molecule has 206 valence electrons. The molecule has 2 N–H and O–H groups in total. The Bertz CT molecular complexity index is 1540. The van der Waals surface area contributed by atoms with E-state index in [0.29, 0.717) is 33.0 Å². The summed E-state index contributed by atoms with van der Waals surface area (Å²) < 4.78 is 18.5. The highest BCUT2D eigenvalue weighted by Gasteiger charge is 2.22. The predicted molar refractivity (Wildman–Crippen MR) is 159 cm³/mol. The van der Waals surface area contributed by atoms with E-state index in [1.807, 2.05) is 45.9 Å². The molecule has 0 fully saturated rings. The molecule has 0 saturated heterocycles. The van der Waals surface area contributed by atoms with Gasteiger partial charge in [0.15, 0.2) is 0 Å². The monoisotopic (exact) mass is 558 g/mol. The summed E-state index contributed by atoms with van der Waals surface area (Å²) in [6.45, 7) is 8.00. The Balaban J connectivity index is 0.00000106. The van der Waals surface area contributed by atoms with Gasteiger partial charge in [-0.2, -0.15) is 0 Å². The maximum atomic E-state index is 13.7. The number of carbonyl (C=O) groups is 3. The van der Waals surface area contributed by atoms with Crippen molar-refractivity contribution in [2.75, 3.05) is 17.7 Å². The summed E-state index contributed by atoms with van der Waals surface area (Å²) in [7, 11) is 1.33. The largest absolute Gasteiger partial charge is 0.465 e. The lowest BCUT2D eigenvalue weighted by atomic mass is 9.99. The van der Waals surface area contributed by atoms with Gasteiger partial charge >= 0.3 is 5.97 Å².